The summed E-state index contributed by atoms with van der Waals surface area (Å²) in [7, 11) is 0. The fourth-order valence-electron chi connectivity index (χ4n) is 2.49. The Bertz CT molecular complexity index is 537. The molecule has 0 amide bonds. The Hall–Kier alpha value is -1.57. The molecule has 0 unspecified atom stereocenters. The molecular formula is C13H18F3N3O2. The lowest BCUT2D eigenvalue weighted by Crippen LogP contribution is -2.38. The summed E-state index contributed by atoms with van der Waals surface area (Å²) in [5.41, 5.74) is 0.331. The van der Waals surface area contributed by atoms with E-state index >= 15 is 0 Å². The average molecular weight is 305 g/mol. The lowest BCUT2D eigenvalue weighted by Gasteiger charge is -2.28. The fourth-order valence-corrected chi connectivity index (χ4v) is 2.49. The third-order valence-corrected chi connectivity index (χ3v) is 3.38. The standard InChI is InChI=1S/C13H18F3N3O2/c1-4-21-12(20)10-8-5-17-6-9(13(14,15)16)11(8)19(18-10)7(2)3/h7,9,17H,4-6H2,1-3H3/t9-/m1/s1. The van der Waals surface area contributed by atoms with Crippen molar-refractivity contribution in [3.05, 3.63) is 17.0 Å². The number of hydrogen-bond donors (Lipinski definition) is 1. The minimum absolute atomic E-state index is 0.0259. The first kappa shape index (κ1) is 15.8. The third kappa shape index (κ3) is 2.90. The molecule has 0 bridgehead atoms. The van der Waals surface area contributed by atoms with Crippen LogP contribution in [-0.2, 0) is 11.3 Å². The summed E-state index contributed by atoms with van der Waals surface area (Å²) in [6.07, 6.45) is -4.39. The van der Waals surface area contributed by atoms with Crippen LogP contribution in [0.25, 0.3) is 0 Å². The molecule has 0 aliphatic carbocycles. The zero-order valence-electron chi connectivity index (χ0n) is 12.1. The number of carbonyl (C=O) groups excluding carboxylic acids is 1. The Kier molecular flexibility index (Phi) is 4.27. The van der Waals surface area contributed by atoms with Crippen molar-refractivity contribution in [1.29, 1.82) is 0 Å². The number of alkyl halides is 3. The number of hydrogen-bond acceptors (Lipinski definition) is 4. The Morgan fingerprint density at radius 1 is 1.52 bits per heavy atom. The van der Waals surface area contributed by atoms with Crippen molar-refractivity contribution in [2.75, 3.05) is 13.2 Å². The molecule has 1 aliphatic heterocycles. The van der Waals surface area contributed by atoms with E-state index in [0.29, 0.717) is 0 Å². The highest BCUT2D eigenvalue weighted by Gasteiger charge is 2.46. The Labute approximate surface area is 120 Å². The highest BCUT2D eigenvalue weighted by atomic mass is 19.4. The first-order valence-electron chi connectivity index (χ1n) is 6.83. The van der Waals surface area contributed by atoms with E-state index in [2.05, 4.69) is 10.4 Å². The van der Waals surface area contributed by atoms with Gasteiger partial charge in [-0.25, -0.2) is 4.79 Å². The number of nitrogens with one attached hydrogen (secondary N) is 1. The summed E-state index contributed by atoms with van der Waals surface area (Å²) in [4.78, 5) is 11.9. The smallest absolute Gasteiger partial charge is 0.398 e. The second kappa shape index (κ2) is 5.67. The minimum Gasteiger partial charge on any atom is -0.461 e. The second-order valence-corrected chi connectivity index (χ2v) is 5.20. The number of fused-ring (bicyclic) bond motifs is 1. The molecule has 1 atom stereocenters. The predicted molar refractivity (Wildman–Crippen MR) is 69.1 cm³/mol. The van der Waals surface area contributed by atoms with Gasteiger partial charge in [-0.2, -0.15) is 18.3 Å². The molecule has 8 heteroatoms. The van der Waals surface area contributed by atoms with E-state index in [1.54, 1.807) is 20.8 Å². The molecule has 1 aliphatic rings. The van der Waals surface area contributed by atoms with E-state index in [0.717, 1.165) is 0 Å². The quantitative estimate of drug-likeness (QED) is 0.871. The van der Waals surface area contributed by atoms with Gasteiger partial charge < -0.3 is 10.1 Å². The fraction of sp³-hybridized carbons (Fsp3) is 0.692. The molecule has 0 aromatic carbocycles. The van der Waals surface area contributed by atoms with Gasteiger partial charge in [-0.05, 0) is 20.8 Å². The van der Waals surface area contributed by atoms with E-state index in [4.69, 9.17) is 4.74 Å². The van der Waals surface area contributed by atoms with Crippen molar-refractivity contribution in [2.45, 2.75) is 45.5 Å². The molecule has 0 fully saturated rings. The van der Waals surface area contributed by atoms with E-state index in [1.165, 1.54) is 4.68 Å². The number of esters is 1. The van der Waals surface area contributed by atoms with Crippen LogP contribution in [0.1, 0.15) is 54.5 Å². The maximum Gasteiger partial charge on any atom is 0.398 e. The normalized spacial score (nSPS) is 18.7. The number of rotatable bonds is 3. The van der Waals surface area contributed by atoms with Crippen LogP contribution >= 0.6 is 0 Å². The largest absolute Gasteiger partial charge is 0.461 e. The zero-order valence-corrected chi connectivity index (χ0v) is 12.1. The van der Waals surface area contributed by atoms with Crippen LogP contribution in [0.3, 0.4) is 0 Å². The van der Waals surface area contributed by atoms with Gasteiger partial charge in [0.1, 0.15) is 5.92 Å². The van der Waals surface area contributed by atoms with Crippen LogP contribution in [0.5, 0.6) is 0 Å². The molecule has 0 radical (unpaired) electrons. The predicted octanol–water partition coefficient (Wildman–Crippen LogP) is 2.39. The number of carbonyl (C=O) groups is 1. The van der Waals surface area contributed by atoms with Crippen LogP contribution in [0, 0.1) is 0 Å². The number of ether oxygens (including phenoxy) is 1. The van der Waals surface area contributed by atoms with Gasteiger partial charge in [0, 0.05) is 24.7 Å². The highest BCUT2D eigenvalue weighted by Crippen LogP contribution is 2.40. The molecule has 5 nitrogen and oxygen atoms in total. The monoisotopic (exact) mass is 305 g/mol. The van der Waals surface area contributed by atoms with Gasteiger partial charge in [-0.1, -0.05) is 0 Å². The Morgan fingerprint density at radius 3 is 2.71 bits per heavy atom. The van der Waals surface area contributed by atoms with Crippen molar-refractivity contribution in [2.24, 2.45) is 0 Å². The van der Waals surface area contributed by atoms with Crippen molar-refractivity contribution < 1.29 is 22.7 Å². The van der Waals surface area contributed by atoms with Gasteiger partial charge in [0.2, 0.25) is 0 Å². The number of halogens is 3. The molecule has 1 N–H and O–H groups in total. The maximum atomic E-state index is 13.2. The Balaban J connectivity index is 2.57. The third-order valence-electron chi connectivity index (χ3n) is 3.38. The molecule has 0 saturated carbocycles. The Morgan fingerprint density at radius 2 is 2.19 bits per heavy atom. The molecule has 1 aromatic rings. The summed E-state index contributed by atoms with van der Waals surface area (Å²) in [5.74, 6) is -2.35. The van der Waals surface area contributed by atoms with E-state index < -0.39 is 18.1 Å². The summed E-state index contributed by atoms with van der Waals surface area (Å²) in [5, 5.41) is 6.78. The first-order chi connectivity index (χ1) is 9.77. The highest BCUT2D eigenvalue weighted by molar-refractivity contribution is 5.89. The topological polar surface area (TPSA) is 56.1 Å². The molecule has 2 rings (SSSR count). The van der Waals surface area contributed by atoms with Gasteiger partial charge in [-0.15, -0.1) is 0 Å². The van der Waals surface area contributed by atoms with Crippen molar-refractivity contribution in [3.63, 3.8) is 0 Å². The maximum absolute atomic E-state index is 13.2. The van der Waals surface area contributed by atoms with Crippen LogP contribution < -0.4 is 5.32 Å². The lowest BCUT2D eigenvalue weighted by atomic mass is 9.95. The molecule has 118 valence electrons. The summed E-state index contributed by atoms with van der Waals surface area (Å²) < 4.78 is 45.9. The van der Waals surface area contributed by atoms with Crippen molar-refractivity contribution in [3.8, 4) is 0 Å². The van der Waals surface area contributed by atoms with Gasteiger partial charge in [0.05, 0.1) is 12.3 Å². The average Bonchev–Trinajstić information content (AvgIpc) is 2.77. The molecule has 2 heterocycles. The summed E-state index contributed by atoms with van der Waals surface area (Å²) in [6.45, 7) is 5.23. The molecular weight excluding hydrogens is 287 g/mol. The molecule has 0 spiro atoms. The van der Waals surface area contributed by atoms with E-state index in [-0.39, 0.29) is 42.7 Å². The van der Waals surface area contributed by atoms with Gasteiger partial charge in [0.25, 0.3) is 0 Å². The molecule has 0 saturated heterocycles. The van der Waals surface area contributed by atoms with Gasteiger partial charge >= 0.3 is 12.1 Å². The van der Waals surface area contributed by atoms with Crippen LogP contribution in [0.4, 0.5) is 13.2 Å². The first-order valence-corrected chi connectivity index (χ1v) is 6.83. The molecule has 1 aromatic heterocycles. The molecule has 21 heavy (non-hydrogen) atoms. The van der Waals surface area contributed by atoms with Gasteiger partial charge in [0.15, 0.2) is 5.69 Å². The van der Waals surface area contributed by atoms with Crippen molar-refractivity contribution >= 4 is 5.97 Å². The zero-order chi connectivity index (χ0) is 15.8. The number of nitrogens with zero attached hydrogens (tertiary/aromatic N) is 2. The summed E-state index contributed by atoms with van der Waals surface area (Å²) in [6, 6.07) is -0.273. The van der Waals surface area contributed by atoms with Crippen LogP contribution in [0.2, 0.25) is 0 Å². The van der Waals surface area contributed by atoms with Crippen LogP contribution in [-0.4, -0.2) is 35.1 Å². The second-order valence-electron chi connectivity index (χ2n) is 5.20. The lowest BCUT2D eigenvalue weighted by molar-refractivity contribution is -0.152. The number of aromatic nitrogens is 2. The van der Waals surface area contributed by atoms with Gasteiger partial charge in [-0.3, -0.25) is 4.68 Å². The van der Waals surface area contributed by atoms with Crippen molar-refractivity contribution in [1.82, 2.24) is 15.1 Å². The minimum atomic E-state index is -4.39. The van der Waals surface area contributed by atoms with E-state index in [9.17, 15) is 18.0 Å². The summed E-state index contributed by atoms with van der Waals surface area (Å²) >= 11 is 0. The SMILES string of the molecule is CCOC(=O)c1nn(C(C)C)c2c1CNC[C@H]2C(F)(F)F. The van der Waals surface area contributed by atoms with Crippen LogP contribution in [0.15, 0.2) is 0 Å². The van der Waals surface area contributed by atoms with E-state index in [1.807, 2.05) is 0 Å².